The molecule has 2 aliphatic heterocycles. The lowest BCUT2D eigenvalue weighted by molar-refractivity contribution is 0.112. The second-order valence-corrected chi connectivity index (χ2v) is 12.4. The van der Waals surface area contributed by atoms with Crippen molar-refractivity contribution >= 4 is 23.3 Å². The number of aromatic nitrogens is 7. The highest BCUT2D eigenvalue weighted by molar-refractivity contribution is 5.82. The summed E-state index contributed by atoms with van der Waals surface area (Å²) in [4.78, 5) is 41.4. The minimum absolute atomic E-state index is 0.132. The summed E-state index contributed by atoms with van der Waals surface area (Å²) < 4.78 is 9.47. The van der Waals surface area contributed by atoms with Gasteiger partial charge in [0, 0.05) is 37.2 Å². The Morgan fingerprint density at radius 2 is 1.93 bits per heavy atom. The number of fused-ring (bicyclic) bond motifs is 2. The van der Waals surface area contributed by atoms with Gasteiger partial charge in [0.2, 0.25) is 0 Å². The smallest absolute Gasteiger partial charge is 0.328 e. The Bertz CT molecular complexity index is 1700. The maximum absolute atomic E-state index is 12.9. The molecule has 0 aliphatic carbocycles. The van der Waals surface area contributed by atoms with Gasteiger partial charge in [-0.05, 0) is 62.9 Å². The molecule has 0 spiro atoms. The van der Waals surface area contributed by atoms with Crippen molar-refractivity contribution in [2.24, 2.45) is 0 Å². The van der Waals surface area contributed by atoms with Crippen LogP contribution >= 0.6 is 0 Å². The Labute approximate surface area is 262 Å². The molecule has 3 N–H and O–H groups in total. The zero-order valence-corrected chi connectivity index (χ0v) is 26.5. The number of nitrogen functional groups attached to an aromatic ring is 1. The lowest BCUT2D eigenvalue weighted by atomic mass is 9.95. The van der Waals surface area contributed by atoms with Crippen LogP contribution in [0.5, 0.6) is 6.01 Å². The number of H-pyrrole nitrogens is 1. The predicted molar refractivity (Wildman–Crippen MR) is 171 cm³/mol. The molecular weight excluding hydrogens is 572 g/mol. The molecule has 13 nitrogen and oxygen atoms in total. The summed E-state index contributed by atoms with van der Waals surface area (Å²) in [5, 5.41) is 9.21. The highest BCUT2D eigenvalue weighted by Gasteiger charge is 2.29. The average molecular weight is 617 g/mol. The molecule has 240 valence electrons. The van der Waals surface area contributed by atoms with Gasteiger partial charge in [0.25, 0.3) is 0 Å². The van der Waals surface area contributed by atoms with E-state index < -0.39 is 0 Å². The van der Waals surface area contributed by atoms with Crippen molar-refractivity contribution < 1.29 is 9.53 Å². The first-order chi connectivity index (χ1) is 21.9. The first kappa shape index (κ1) is 30.9. The van der Waals surface area contributed by atoms with E-state index in [0.29, 0.717) is 35.3 Å². The number of imidazole rings is 1. The van der Waals surface area contributed by atoms with E-state index in [0.717, 1.165) is 100 Å². The number of rotatable bonds is 12. The van der Waals surface area contributed by atoms with E-state index in [1.807, 2.05) is 18.2 Å². The van der Waals surface area contributed by atoms with Gasteiger partial charge in [0.1, 0.15) is 23.5 Å². The average Bonchev–Trinajstić information content (AvgIpc) is 3.62. The number of aldehydes is 1. The number of likely N-dealkylation sites (tertiary alicyclic amines) is 1. The van der Waals surface area contributed by atoms with E-state index in [4.69, 9.17) is 10.5 Å². The molecule has 1 unspecified atom stereocenters. The number of aromatic amines is 1. The van der Waals surface area contributed by atoms with Crippen LogP contribution in [0.2, 0.25) is 0 Å². The number of ether oxygens (including phenoxy) is 1. The third-order valence-electron chi connectivity index (χ3n) is 9.41. The first-order valence-corrected chi connectivity index (χ1v) is 16.2. The molecule has 5 heterocycles. The summed E-state index contributed by atoms with van der Waals surface area (Å²) in [6.07, 6.45) is 5.88. The molecular formula is C32H44N10O3. The molecule has 0 saturated carbocycles. The second kappa shape index (κ2) is 13.5. The van der Waals surface area contributed by atoms with Crippen LogP contribution in [0.15, 0.2) is 23.0 Å². The van der Waals surface area contributed by atoms with Crippen LogP contribution in [0.3, 0.4) is 0 Å². The summed E-state index contributed by atoms with van der Waals surface area (Å²) >= 11 is 0. The van der Waals surface area contributed by atoms with E-state index in [9.17, 15) is 9.59 Å². The van der Waals surface area contributed by atoms with Crippen molar-refractivity contribution in [3.05, 3.63) is 57.0 Å². The van der Waals surface area contributed by atoms with Crippen molar-refractivity contribution in [2.45, 2.75) is 91.0 Å². The minimum atomic E-state index is -0.373. The fourth-order valence-electron chi connectivity index (χ4n) is 6.46. The highest BCUT2D eigenvalue weighted by Crippen LogP contribution is 2.30. The van der Waals surface area contributed by atoms with Crippen LogP contribution in [0.4, 0.5) is 5.82 Å². The molecule has 3 aromatic heterocycles. The minimum Gasteiger partial charge on any atom is -0.463 e. The Hall–Kier alpha value is -4.10. The lowest BCUT2D eigenvalue weighted by Crippen LogP contribution is -2.40. The van der Waals surface area contributed by atoms with Gasteiger partial charge in [-0.15, -0.1) is 10.2 Å². The van der Waals surface area contributed by atoms with Crippen molar-refractivity contribution in [1.82, 2.24) is 44.1 Å². The number of piperidine rings is 1. The van der Waals surface area contributed by atoms with Crippen LogP contribution in [0, 0.1) is 0 Å². The molecule has 1 atom stereocenters. The maximum atomic E-state index is 12.9. The Kier molecular flexibility index (Phi) is 9.27. The molecule has 45 heavy (non-hydrogen) atoms. The van der Waals surface area contributed by atoms with E-state index in [-0.39, 0.29) is 24.1 Å². The third kappa shape index (κ3) is 6.50. The van der Waals surface area contributed by atoms with Crippen LogP contribution in [-0.2, 0) is 26.2 Å². The van der Waals surface area contributed by atoms with Gasteiger partial charge in [-0.2, -0.15) is 9.97 Å². The number of carbonyl (C=O) groups excluding carboxylic acids is 1. The number of anilines is 1. The van der Waals surface area contributed by atoms with E-state index >= 15 is 0 Å². The number of hydrogen-bond donors (Lipinski definition) is 2. The van der Waals surface area contributed by atoms with Gasteiger partial charge in [0.05, 0.1) is 19.7 Å². The number of nitrogens with zero attached hydrogens (tertiary/aromatic N) is 8. The fraction of sp³-hybridized carbons (Fsp3) is 0.562. The SMILES string of the molecule is CCCCOc1nc(N)c2[nH]c(=O)n(Cc3ccc(CN4CCC(c5nnc6n5CCN(C(C)CC)C6)CC4)cc3C=O)c2n1. The van der Waals surface area contributed by atoms with Crippen molar-refractivity contribution in [3.63, 3.8) is 0 Å². The molecule has 1 fully saturated rings. The number of nitrogens with two attached hydrogens (primary N) is 1. The number of hydrogen-bond acceptors (Lipinski definition) is 10. The van der Waals surface area contributed by atoms with Gasteiger partial charge in [-0.25, -0.2) is 4.79 Å². The number of benzene rings is 1. The molecule has 2 aliphatic rings. The number of carbonyl (C=O) groups is 1. The Balaban J connectivity index is 1.10. The van der Waals surface area contributed by atoms with Crippen molar-refractivity contribution in [1.29, 1.82) is 0 Å². The molecule has 6 rings (SSSR count). The van der Waals surface area contributed by atoms with Gasteiger partial charge in [0.15, 0.2) is 11.5 Å². The van der Waals surface area contributed by atoms with Gasteiger partial charge < -0.3 is 20.0 Å². The monoisotopic (exact) mass is 616 g/mol. The molecule has 0 radical (unpaired) electrons. The van der Waals surface area contributed by atoms with Gasteiger partial charge in [-0.1, -0.05) is 32.4 Å². The largest absolute Gasteiger partial charge is 0.463 e. The fourth-order valence-corrected chi connectivity index (χ4v) is 6.46. The van der Waals surface area contributed by atoms with Gasteiger partial charge in [-0.3, -0.25) is 19.2 Å². The highest BCUT2D eigenvalue weighted by atomic mass is 16.5. The topological polar surface area (TPSA) is 153 Å². The van der Waals surface area contributed by atoms with Crippen molar-refractivity contribution in [3.8, 4) is 6.01 Å². The van der Waals surface area contributed by atoms with E-state index in [1.165, 1.54) is 4.57 Å². The van der Waals surface area contributed by atoms with Crippen LogP contribution < -0.4 is 16.2 Å². The summed E-state index contributed by atoms with van der Waals surface area (Å²) in [5.74, 6) is 2.79. The Morgan fingerprint density at radius 3 is 2.69 bits per heavy atom. The summed E-state index contributed by atoms with van der Waals surface area (Å²) in [5.41, 5.74) is 8.78. The third-order valence-corrected chi connectivity index (χ3v) is 9.41. The zero-order valence-electron chi connectivity index (χ0n) is 26.5. The standard InChI is InChI=1S/C32H44N10O3/c1-4-6-15-45-31-35-28(33)27-30(36-31)42(32(44)34-27)18-24-8-7-22(16-25(24)20-43)17-39-11-9-23(10-12-39)29-38-37-26-19-40(21(3)5-2)13-14-41(26)29/h7-8,16,20-21,23H,4-6,9-15,17-19H2,1-3H3,(H,34,44)(H2,33,35,36). The van der Waals surface area contributed by atoms with E-state index in [2.05, 4.69) is 60.3 Å². The molecule has 0 bridgehead atoms. The quantitative estimate of drug-likeness (QED) is 0.179. The lowest BCUT2D eigenvalue weighted by Gasteiger charge is -2.34. The first-order valence-electron chi connectivity index (χ1n) is 16.2. The van der Waals surface area contributed by atoms with Crippen LogP contribution in [-0.4, -0.2) is 82.7 Å². The second-order valence-electron chi connectivity index (χ2n) is 12.4. The maximum Gasteiger partial charge on any atom is 0.328 e. The molecule has 0 amide bonds. The Morgan fingerprint density at radius 1 is 1.11 bits per heavy atom. The number of unbranched alkanes of at least 4 members (excludes halogenated alkanes) is 1. The van der Waals surface area contributed by atoms with Crippen LogP contribution in [0.25, 0.3) is 11.2 Å². The van der Waals surface area contributed by atoms with Crippen LogP contribution in [0.1, 0.15) is 91.9 Å². The number of nitrogens with one attached hydrogen (secondary N) is 1. The summed E-state index contributed by atoms with van der Waals surface area (Å²) in [7, 11) is 0. The van der Waals surface area contributed by atoms with Crippen molar-refractivity contribution in [2.75, 3.05) is 32.0 Å². The summed E-state index contributed by atoms with van der Waals surface area (Å²) in [6.45, 7) is 12.8. The zero-order chi connectivity index (χ0) is 31.5. The predicted octanol–water partition coefficient (Wildman–Crippen LogP) is 3.33. The normalized spacial score (nSPS) is 17.0. The summed E-state index contributed by atoms with van der Waals surface area (Å²) in [6, 6.07) is 6.58. The molecule has 13 heteroatoms. The molecule has 4 aromatic rings. The molecule has 1 saturated heterocycles. The molecule has 1 aromatic carbocycles. The van der Waals surface area contributed by atoms with Gasteiger partial charge >= 0.3 is 11.7 Å². The van der Waals surface area contributed by atoms with E-state index in [1.54, 1.807) is 0 Å².